The van der Waals surface area contributed by atoms with E-state index >= 15 is 0 Å². The molecule has 2 aromatic carbocycles. The number of furan rings is 1. The van der Waals surface area contributed by atoms with Gasteiger partial charge < -0.3 is 15.1 Å². The first kappa shape index (κ1) is 19.4. The summed E-state index contributed by atoms with van der Waals surface area (Å²) in [5, 5.41) is 5.66. The van der Waals surface area contributed by atoms with Crippen LogP contribution in [0.4, 0.5) is 5.69 Å². The van der Waals surface area contributed by atoms with Gasteiger partial charge in [0.15, 0.2) is 5.76 Å². The van der Waals surface area contributed by atoms with Gasteiger partial charge in [0.05, 0.1) is 17.5 Å². The smallest absolute Gasteiger partial charge is 0.291 e. The first-order valence-corrected chi connectivity index (χ1v) is 9.33. The molecule has 0 saturated carbocycles. The molecule has 0 unspecified atom stereocenters. The second-order valence-electron chi connectivity index (χ2n) is 6.77. The second-order valence-corrected chi connectivity index (χ2v) is 6.77. The molecule has 1 aromatic heterocycles. The van der Waals surface area contributed by atoms with Gasteiger partial charge in [-0.25, -0.2) is 0 Å². The predicted octanol–water partition coefficient (Wildman–Crippen LogP) is 4.51. The molecular formula is C23H24N2O3. The maximum Gasteiger partial charge on any atom is 0.291 e. The standard InChI is InChI=1S/C23H24N2O3/c1-16-11-12-18(17(2)15-16)7-5-13-24-22(26)19-8-3-4-9-20(19)25-23(27)21-10-6-14-28-21/h3-4,6,8-12,14-15H,5,7,13H2,1-2H3,(H,24,26)(H,25,27). The van der Waals surface area contributed by atoms with Crippen molar-refractivity contribution in [1.29, 1.82) is 0 Å². The normalized spacial score (nSPS) is 10.5. The number of amides is 2. The summed E-state index contributed by atoms with van der Waals surface area (Å²) in [5.74, 6) is -0.403. The molecular weight excluding hydrogens is 352 g/mol. The Balaban J connectivity index is 1.56. The fraction of sp³-hybridized carbons (Fsp3) is 0.217. The van der Waals surface area contributed by atoms with E-state index in [1.807, 2.05) is 0 Å². The van der Waals surface area contributed by atoms with Crippen molar-refractivity contribution in [3.63, 3.8) is 0 Å². The summed E-state index contributed by atoms with van der Waals surface area (Å²) in [6, 6.07) is 16.6. The van der Waals surface area contributed by atoms with E-state index in [1.54, 1.807) is 36.4 Å². The molecule has 0 bridgehead atoms. The number of benzene rings is 2. The molecule has 0 aliphatic carbocycles. The average Bonchev–Trinajstić information content (AvgIpc) is 3.22. The van der Waals surface area contributed by atoms with Crippen LogP contribution in [0.2, 0.25) is 0 Å². The number of carbonyl (C=O) groups is 2. The Bertz CT molecular complexity index is 962. The Morgan fingerprint density at radius 2 is 1.79 bits per heavy atom. The third-order valence-corrected chi connectivity index (χ3v) is 4.57. The molecule has 0 aliphatic heterocycles. The monoisotopic (exact) mass is 376 g/mol. The van der Waals surface area contributed by atoms with Gasteiger partial charge in [0.25, 0.3) is 11.8 Å². The lowest BCUT2D eigenvalue weighted by Gasteiger charge is -2.11. The van der Waals surface area contributed by atoms with Crippen LogP contribution in [0, 0.1) is 13.8 Å². The highest BCUT2D eigenvalue weighted by molar-refractivity contribution is 6.07. The van der Waals surface area contributed by atoms with Crippen molar-refractivity contribution in [1.82, 2.24) is 5.32 Å². The van der Waals surface area contributed by atoms with E-state index < -0.39 is 0 Å². The van der Waals surface area contributed by atoms with Crippen molar-refractivity contribution >= 4 is 17.5 Å². The van der Waals surface area contributed by atoms with Crippen LogP contribution in [-0.4, -0.2) is 18.4 Å². The van der Waals surface area contributed by atoms with Gasteiger partial charge in [-0.3, -0.25) is 9.59 Å². The Hall–Kier alpha value is -3.34. The molecule has 0 spiro atoms. The van der Waals surface area contributed by atoms with Crippen LogP contribution in [-0.2, 0) is 6.42 Å². The van der Waals surface area contributed by atoms with Gasteiger partial charge in [0.2, 0.25) is 0 Å². The first-order chi connectivity index (χ1) is 13.5. The molecule has 144 valence electrons. The molecule has 0 fully saturated rings. The van der Waals surface area contributed by atoms with Gasteiger partial charge in [-0.05, 0) is 62.1 Å². The van der Waals surface area contributed by atoms with E-state index in [1.165, 1.54) is 23.0 Å². The quantitative estimate of drug-likeness (QED) is 0.596. The largest absolute Gasteiger partial charge is 0.459 e. The highest BCUT2D eigenvalue weighted by Crippen LogP contribution is 2.17. The van der Waals surface area contributed by atoms with Crippen LogP contribution in [0.3, 0.4) is 0 Å². The van der Waals surface area contributed by atoms with Gasteiger partial charge in [0.1, 0.15) is 0 Å². The fourth-order valence-electron chi connectivity index (χ4n) is 3.08. The third kappa shape index (κ3) is 4.88. The Morgan fingerprint density at radius 1 is 0.964 bits per heavy atom. The molecule has 0 radical (unpaired) electrons. The van der Waals surface area contributed by atoms with Crippen molar-refractivity contribution < 1.29 is 14.0 Å². The van der Waals surface area contributed by atoms with Crippen molar-refractivity contribution in [2.75, 3.05) is 11.9 Å². The minimum atomic E-state index is -0.389. The summed E-state index contributed by atoms with van der Waals surface area (Å²) >= 11 is 0. The number of nitrogens with one attached hydrogen (secondary N) is 2. The number of anilines is 1. The zero-order chi connectivity index (χ0) is 19.9. The third-order valence-electron chi connectivity index (χ3n) is 4.57. The fourth-order valence-corrected chi connectivity index (χ4v) is 3.08. The van der Waals surface area contributed by atoms with Crippen LogP contribution in [0.25, 0.3) is 0 Å². The van der Waals surface area contributed by atoms with Gasteiger partial charge in [-0.1, -0.05) is 35.9 Å². The van der Waals surface area contributed by atoms with Crippen LogP contribution >= 0.6 is 0 Å². The summed E-state index contributed by atoms with van der Waals surface area (Å²) < 4.78 is 5.09. The lowest BCUT2D eigenvalue weighted by Crippen LogP contribution is -2.26. The predicted molar refractivity (Wildman–Crippen MR) is 110 cm³/mol. The lowest BCUT2D eigenvalue weighted by molar-refractivity contribution is 0.0954. The Labute approximate surface area is 164 Å². The van der Waals surface area contributed by atoms with Crippen LogP contribution < -0.4 is 10.6 Å². The van der Waals surface area contributed by atoms with Crippen molar-refractivity contribution in [3.05, 3.63) is 88.9 Å². The maximum absolute atomic E-state index is 12.6. The minimum absolute atomic E-state index is 0.198. The average molecular weight is 376 g/mol. The highest BCUT2D eigenvalue weighted by atomic mass is 16.3. The zero-order valence-corrected chi connectivity index (χ0v) is 16.1. The summed E-state index contributed by atoms with van der Waals surface area (Å²) in [7, 11) is 0. The van der Waals surface area contributed by atoms with E-state index in [-0.39, 0.29) is 17.6 Å². The molecule has 3 rings (SSSR count). The number of rotatable bonds is 7. The number of aryl methyl sites for hydroxylation is 3. The molecule has 5 nitrogen and oxygen atoms in total. The Morgan fingerprint density at radius 3 is 2.54 bits per heavy atom. The van der Waals surface area contributed by atoms with Gasteiger partial charge >= 0.3 is 0 Å². The van der Waals surface area contributed by atoms with E-state index in [0.29, 0.717) is 17.8 Å². The molecule has 28 heavy (non-hydrogen) atoms. The van der Waals surface area contributed by atoms with Crippen molar-refractivity contribution in [2.24, 2.45) is 0 Å². The topological polar surface area (TPSA) is 71.3 Å². The van der Waals surface area contributed by atoms with Crippen LogP contribution in [0.1, 0.15) is 44.0 Å². The summed E-state index contributed by atoms with van der Waals surface area (Å²) in [5.41, 5.74) is 4.70. The van der Waals surface area contributed by atoms with E-state index in [2.05, 4.69) is 42.7 Å². The molecule has 1 heterocycles. The van der Waals surface area contributed by atoms with Gasteiger partial charge in [0, 0.05) is 6.54 Å². The van der Waals surface area contributed by atoms with Crippen LogP contribution in [0.5, 0.6) is 0 Å². The number of hydrogen-bond acceptors (Lipinski definition) is 3. The summed E-state index contributed by atoms with van der Waals surface area (Å²) in [6.45, 7) is 4.75. The number of para-hydroxylation sites is 1. The van der Waals surface area contributed by atoms with Crippen molar-refractivity contribution in [2.45, 2.75) is 26.7 Å². The molecule has 0 aliphatic rings. The first-order valence-electron chi connectivity index (χ1n) is 9.33. The van der Waals surface area contributed by atoms with E-state index in [4.69, 9.17) is 4.42 Å². The second kappa shape index (κ2) is 9.04. The molecule has 0 saturated heterocycles. The molecule has 3 aromatic rings. The minimum Gasteiger partial charge on any atom is -0.459 e. The zero-order valence-electron chi connectivity index (χ0n) is 16.1. The van der Waals surface area contributed by atoms with Crippen molar-refractivity contribution in [3.8, 4) is 0 Å². The molecule has 2 N–H and O–H groups in total. The molecule has 5 heteroatoms. The molecule has 2 amide bonds. The summed E-state index contributed by atoms with van der Waals surface area (Å²) in [6.07, 6.45) is 3.18. The Kier molecular flexibility index (Phi) is 6.27. The molecule has 0 atom stereocenters. The SMILES string of the molecule is Cc1ccc(CCCNC(=O)c2ccccc2NC(=O)c2ccco2)c(C)c1. The van der Waals surface area contributed by atoms with E-state index in [0.717, 1.165) is 12.8 Å². The maximum atomic E-state index is 12.6. The lowest BCUT2D eigenvalue weighted by atomic mass is 10.0. The van der Waals surface area contributed by atoms with Gasteiger partial charge in [-0.15, -0.1) is 0 Å². The van der Waals surface area contributed by atoms with Crippen LogP contribution in [0.15, 0.2) is 65.3 Å². The van der Waals surface area contributed by atoms with E-state index in [9.17, 15) is 9.59 Å². The summed E-state index contributed by atoms with van der Waals surface area (Å²) in [4.78, 5) is 24.8. The number of hydrogen-bond donors (Lipinski definition) is 2. The van der Waals surface area contributed by atoms with Gasteiger partial charge in [-0.2, -0.15) is 0 Å². The number of carbonyl (C=O) groups excluding carboxylic acids is 2. The highest BCUT2D eigenvalue weighted by Gasteiger charge is 2.15.